The highest BCUT2D eigenvalue weighted by molar-refractivity contribution is 5.97. The largest absolute Gasteiger partial charge is 0.381 e. The minimum Gasteiger partial charge on any atom is -0.381 e. The fourth-order valence-electron chi connectivity index (χ4n) is 3.14. The van der Waals surface area contributed by atoms with Gasteiger partial charge in [-0.2, -0.15) is 0 Å². The lowest BCUT2D eigenvalue weighted by Crippen LogP contribution is -2.44. The minimum absolute atomic E-state index is 0.110. The van der Waals surface area contributed by atoms with Crippen LogP contribution in [-0.2, 0) is 14.3 Å². The number of amides is 2. The van der Waals surface area contributed by atoms with Gasteiger partial charge in [-0.1, -0.05) is 6.07 Å². The molecule has 2 N–H and O–H groups in total. The molecule has 0 radical (unpaired) electrons. The molecule has 6 nitrogen and oxygen atoms in total. The van der Waals surface area contributed by atoms with Crippen LogP contribution >= 0.6 is 0 Å². The van der Waals surface area contributed by atoms with Crippen LogP contribution in [0.2, 0.25) is 0 Å². The second kappa shape index (κ2) is 7.66. The van der Waals surface area contributed by atoms with E-state index >= 15 is 0 Å². The minimum atomic E-state index is -0.575. The molecule has 0 spiro atoms. The molecule has 2 fully saturated rings. The Morgan fingerprint density at radius 3 is 2.79 bits per heavy atom. The van der Waals surface area contributed by atoms with Crippen molar-refractivity contribution >= 4 is 23.2 Å². The molecule has 0 aliphatic carbocycles. The van der Waals surface area contributed by atoms with Crippen molar-refractivity contribution in [3.05, 3.63) is 24.3 Å². The number of carbonyl (C=O) groups is 2. The zero-order valence-electron chi connectivity index (χ0n) is 14.1. The van der Waals surface area contributed by atoms with Gasteiger partial charge in [0, 0.05) is 31.1 Å². The number of hydrogen-bond acceptors (Lipinski definition) is 4. The molecule has 6 heteroatoms. The maximum Gasteiger partial charge on any atom is 0.246 e. The van der Waals surface area contributed by atoms with Gasteiger partial charge in [-0.25, -0.2) is 0 Å². The fraction of sp³-hybridized carbons (Fsp3) is 0.556. The van der Waals surface area contributed by atoms with Crippen molar-refractivity contribution < 1.29 is 14.3 Å². The van der Waals surface area contributed by atoms with Gasteiger partial charge in [-0.3, -0.25) is 9.59 Å². The Morgan fingerprint density at radius 1 is 1.29 bits per heavy atom. The van der Waals surface area contributed by atoms with Crippen molar-refractivity contribution in [1.82, 2.24) is 5.32 Å². The first-order valence-electron chi connectivity index (χ1n) is 8.67. The molecule has 2 aliphatic rings. The van der Waals surface area contributed by atoms with Gasteiger partial charge in [0.15, 0.2) is 0 Å². The summed E-state index contributed by atoms with van der Waals surface area (Å²) in [4.78, 5) is 26.7. The van der Waals surface area contributed by atoms with E-state index in [0.717, 1.165) is 30.9 Å². The number of rotatable bonds is 5. The van der Waals surface area contributed by atoms with Crippen molar-refractivity contribution in [2.24, 2.45) is 5.92 Å². The molecule has 24 heavy (non-hydrogen) atoms. The van der Waals surface area contributed by atoms with Gasteiger partial charge < -0.3 is 20.3 Å². The molecule has 1 aromatic rings. The van der Waals surface area contributed by atoms with E-state index in [1.165, 1.54) is 12.8 Å². The first-order valence-corrected chi connectivity index (χ1v) is 8.67. The van der Waals surface area contributed by atoms with Crippen molar-refractivity contribution in [2.45, 2.75) is 32.2 Å². The van der Waals surface area contributed by atoms with E-state index in [4.69, 9.17) is 4.74 Å². The zero-order valence-corrected chi connectivity index (χ0v) is 14.1. The molecule has 0 unspecified atom stereocenters. The van der Waals surface area contributed by atoms with Crippen molar-refractivity contribution in [1.29, 1.82) is 0 Å². The average Bonchev–Trinajstić information content (AvgIpc) is 3.28. The number of nitrogens with one attached hydrogen (secondary N) is 2. The number of nitrogens with zero attached hydrogens (tertiary/aromatic N) is 1. The first-order chi connectivity index (χ1) is 11.6. The maximum absolute atomic E-state index is 12.3. The van der Waals surface area contributed by atoms with Crippen LogP contribution in [0.3, 0.4) is 0 Å². The SMILES string of the molecule is C[C@H](NC(=O)[C@@H]1CCOC1)C(=O)Nc1cccc(N2CCCC2)c1. The van der Waals surface area contributed by atoms with Gasteiger partial charge >= 0.3 is 0 Å². The topological polar surface area (TPSA) is 70.7 Å². The number of benzene rings is 1. The standard InChI is InChI=1S/C18H25N3O3/c1-13(19-18(23)14-7-10-24-12-14)17(22)20-15-5-4-6-16(11-15)21-8-2-3-9-21/h4-6,11,13-14H,2-3,7-10,12H2,1H3,(H,19,23)(H,20,22)/t13-,14+/m0/s1. The fourth-order valence-corrected chi connectivity index (χ4v) is 3.14. The van der Waals surface area contributed by atoms with E-state index in [0.29, 0.717) is 13.2 Å². The van der Waals surface area contributed by atoms with E-state index in [1.54, 1.807) is 6.92 Å². The molecule has 0 aromatic heterocycles. The molecule has 1 aromatic carbocycles. The highest BCUT2D eigenvalue weighted by atomic mass is 16.5. The Bertz CT molecular complexity index is 593. The van der Waals surface area contributed by atoms with Crippen molar-refractivity contribution in [3.63, 3.8) is 0 Å². The third-order valence-electron chi connectivity index (χ3n) is 4.64. The molecule has 3 rings (SSSR count). The summed E-state index contributed by atoms with van der Waals surface area (Å²) in [6.45, 7) is 4.88. The Kier molecular flexibility index (Phi) is 5.35. The lowest BCUT2D eigenvalue weighted by Gasteiger charge is -2.19. The number of carbonyl (C=O) groups excluding carboxylic acids is 2. The van der Waals surface area contributed by atoms with Crippen LogP contribution in [0, 0.1) is 5.92 Å². The second-order valence-corrected chi connectivity index (χ2v) is 6.52. The third kappa shape index (κ3) is 4.06. The van der Waals surface area contributed by atoms with Crippen LogP contribution in [0.25, 0.3) is 0 Å². The third-order valence-corrected chi connectivity index (χ3v) is 4.64. The number of anilines is 2. The van der Waals surface area contributed by atoms with Gasteiger partial charge in [0.05, 0.1) is 12.5 Å². The summed E-state index contributed by atoms with van der Waals surface area (Å²) in [5, 5.41) is 5.66. The monoisotopic (exact) mass is 331 g/mol. The summed E-state index contributed by atoms with van der Waals surface area (Å²) < 4.78 is 5.21. The highest BCUT2D eigenvalue weighted by Crippen LogP contribution is 2.23. The van der Waals surface area contributed by atoms with Gasteiger partial charge in [0.25, 0.3) is 0 Å². The summed E-state index contributed by atoms with van der Waals surface area (Å²) >= 11 is 0. The van der Waals surface area contributed by atoms with Crippen LogP contribution in [0.15, 0.2) is 24.3 Å². The van der Waals surface area contributed by atoms with Gasteiger partial charge in [-0.05, 0) is 44.4 Å². The normalized spacial score (nSPS) is 21.5. The number of hydrogen-bond donors (Lipinski definition) is 2. The van der Waals surface area contributed by atoms with E-state index in [9.17, 15) is 9.59 Å². The summed E-state index contributed by atoms with van der Waals surface area (Å²) in [6.07, 6.45) is 3.15. The number of ether oxygens (including phenoxy) is 1. The van der Waals surface area contributed by atoms with Gasteiger partial charge in [0.1, 0.15) is 6.04 Å². The van der Waals surface area contributed by atoms with E-state index < -0.39 is 6.04 Å². The van der Waals surface area contributed by atoms with Crippen LogP contribution in [0.5, 0.6) is 0 Å². The summed E-state index contributed by atoms with van der Waals surface area (Å²) in [5.41, 5.74) is 1.89. The first kappa shape index (κ1) is 16.8. The Hall–Kier alpha value is -2.08. The maximum atomic E-state index is 12.3. The average molecular weight is 331 g/mol. The Balaban J connectivity index is 1.55. The van der Waals surface area contributed by atoms with Crippen LogP contribution < -0.4 is 15.5 Å². The van der Waals surface area contributed by atoms with E-state index in [2.05, 4.69) is 21.6 Å². The predicted octanol–water partition coefficient (Wildman–Crippen LogP) is 1.77. The predicted molar refractivity (Wildman–Crippen MR) is 93.0 cm³/mol. The molecule has 2 saturated heterocycles. The molecule has 2 atom stereocenters. The quantitative estimate of drug-likeness (QED) is 0.863. The molecule has 0 bridgehead atoms. The van der Waals surface area contributed by atoms with Gasteiger partial charge in [0.2, 0.25) is 11.8 Å². The molecular formula is C18H25N3O3. The summed E-state index contributed by atoms with van der Waals surface area (Å²) in [6, 6.07) is 7.29. The van der Waals surface area contributed by atoms with Crippen LogP contribution in [-0.4, -0.2) is 44.2 Å². The lowest BCUT2D eigenvalue weighted by molar-refractivity contribution is -0.129. The molecule has 2 aliphatic heterocycles. The van der Waals surface area contributed by atoms with Crippen molar-refractivity contribution in [2.75, 3.05) is 36.5 Å². The zero-order chi connectivity index (χ0) is 16.9. The molecule has 0 saturated carbocycles. The van der Waals surface area contributed by atoms with Crippen LogP contribution in [0.1, 0.15) is 26.2 Å². The Labute approximate surface area is 142 Å². The smallest absolute Gasteiger partial charge is 0.246 e. The van der Waals surface area contributed by atoms with Crippen molar-refractivity contribution in [3.8, 4) is 0 Å². The van der Waals surface area contributed by atoms with E-state index in [-0.39, 0.29) is 17.7 Å². The molecular weight excluding hydrogens is 306 g/mol. The summed E-state index contributed by atoms with van der Waals surface area (Å²) in [7, 11) is 0. The highest BCUT2D eigenvalue weighted by Gasteiger charge is 2.26. The van der Waals surface area contributed by atoms with E-state index in [1.807, 2.05) is 18.2 Å². The Morgan fingerprint density at radius 2 is 2.08 bits per heavy atom. The molecule has 130 valence electrons. The van der Waals surface area contributed by atoms with Crippen LogP contribution in [0.4, 0.5) is 11.4 Å². The molecule has 2 heterocycles. The summed E-state index contributed by atoms with van der Waals surface area (Å²) in [5.74, 6) is -0.458. The lowest BCUT2D eigenvalue weighted by atomic mass is 10.1. The van der Waals surface area contributed by atoms with Gasteiger partial charge in [-0.15, -0.1) is 0 Å². The molecule has 2 amide bonds. The second-order valence-electron chi connectivity index (χ2n) is 6.52.